The molecule has 0 radical (unpaired) electrons. The molecule has 1 atom stereocenters. The van der Waals surface area contributed by atoms with Gasteiger partial charge in [-0.1, -0.05) is 11.6 Å². The van der Waals surface area contributed by atoms with Gasteiger partial charge in [-0.25, -0.2) is 4.79 Å². The summed E-state index contributed by atoms with van der Waals surface area (Å²) in [6, 6.07) is 5.35. The van der Waals surface area contributed by atoms with Crippen LogP contribution in [0.5, 0.6) is 5.75 Å². The maximum absolute atomic E-state index is 11.7. The highest BCUT2D eigenvalue weighted by atomic mass is 35.5. The number of carbonyl (C=O) groups excluding carboxylic acids is 1. The summed E-state index contributed by atoms with van der Waals surface area (Å²) in [7, 11) is 0. The Labute approximate surface area is 99.3 Å². The van der Waals surface area contributed by atoms with Gasteiger partial charge in [0, 0.05) is 17.0 Å². The predicted molar refractivity (Wildman–Crippen MR) is 60.8 cm³/mol. The summed E-state index contributed by atoms with van der Waals surface area (Å²) in [5.41, 5.74) is 0.0336. The molecule has 1 aliphatic heterocycles. The molecule has 3 nitrogen and oxygen atoms in total. The Hall–Kier alpha value is -1.22. The zero-order valence-electron chi connectivity index (χ0n) is 9.25. The van der Waals surface area contributed by atoms with Gasteiger partial charge in [0.15, 0.2) is 0 Å². The maximum Gasteiger partial charge on any atom is 0.350 e. The molecule has 1 unspecified atom stereocenters. The van der Waals surface area contributed by atoms with Crippen molar-refractivity contribution in [1.29, 1.82) is 0 Å². The molecule has 0 saturated heterocycles. The molecule has 0 N–H and O–H groups in total. The summed E-state index contributed by atoms with van der Waals surface area (Å²) in [5.74, 6) is 0.377. The molecule has 1 aromatic rings. The van der Waals surface area contributed by atoms with Crippen molar-refractivity contribution in [1.82, 2.24) is 0 Å². The van der Waals surface area contributed by atoms with Crippen molar-refractivity contribution in [3.63, 3.8) is 0 Å². The van der Waals surface area contributed by atoms with E-state index in [4.69, 9.17) is 21.1 Å². The predicted octanol–water partition coefficient (Wildman–Crippen LogP) is 2.60. The first-order valence-electron chi connectivity index (χ1n) is 5.20. The van der Waals surface area contributed by atoms with Gasteiger partial charge in [0.25, 0.3) is 0 Å². The number of carbonyl (C=O) groups is 1. The minimum atomic E-state index is -0.914. The topological polar surface area (TPSA) is 35.5 Å². The lowest BCUT2D eigenvalue weighted by Crippen LogP contribution is -2.41. The van der Waals surface area contributed by atoms with E-state index in [0.29, 0.717) is 23.8 Å². The number of hydrogen-bond acceptors (Lipinski definition) is 3. The minimum absolute atomic E-state index is 0.331. The van der Waals surface area contributed by atoms with Crippen LogP contribution in [0.4, 0.5) is 0 Å². The summed E-state index contributed by atoms with van der Waals surface area (Å²) in [6.45, 7) is 3.87. The van der Waals surface area contributed by atoms with Crippen LogP contribution in [0.15, 0.2) is 18.2 Å². The number of rotatable bonds is 2. The highest BCUT2D eigenvalue weighted by Crippen LogP contribution is 2.37. The molecule has 4 heteroatoms. The van der Waals surface area contributed by atoms with Crippen LogP contribution < -0.4 is 4.74 Å². The van der Waals surface area contributed by atoms with Crippen molar-refractivity contribution in [3.8, 4) is 5.75 Å². The zero-order valence-corrected chi connectivity index (χ0v) is 10.0. The molecule has 0 amide bonds. The zero-order chi connectivity index (χ0) is 11.8. The second-order valence-corrected chi connectivity index (χ2v) is 4.42. The van der Waals surface area contributed by atoms with Crippen LogP contribution in [-0.4, -0.2) is 18.2 Å². The summed E-state index contributed by atoms with van der Waals surface area (Å²) in [5, 5.41) is 0.649. The van der Waals surface area contributed by atoms with E-state index >= 15 is 0 Å². The molecule has 1 aliphatic rings. The average Bonchev–Trinajstić information content (AvgIpc) is 2.55. The lowest BCUT2D eigenvalue weighted by molar-refractivity contribution is -0.158. The van der Waals surface area contributed by atoms with Crippen molar-refractivity contribution in [2.75, 3.05) is 6.61 Å². The SMILES string of the molecule is CCOC(=O)C1(C)Cc2cc(Cl)ccc2O1. The third kappa shape index (κ3) is 1.87. The van der Waals surface area contributed by atoms with Crippen molar-refractivity contribution in [2.24, 2.45) is 0 Å². The summed E-state index contributed by atoms with van der Waals surface area (Å²) < 4.78 is 10.6. The van der Waals surface area contributed by atoms with Crippen molar-refractivity contribution >= 4 is 17.6 Å². The van der Waals surface area contributed by atoms with Gasteiger partial charge in [0.05, 0.1) is 6.61 Å². The van der Waals surface area contributed by atoms with E-state index in [-0.39, 0.29) is 5.97 Å². The third-order valence-electron chi connectivity index (χ3n) is 2.59. The number of ether oxygens (including phenoxy) is 2. The van der Waals surface area contributed by atoms with Crippen LogP contribution in [0, 0.1) is 0 Å². The Morgan fingerprint density at radius 3 is 3.06 bits per heavy atom. The van der Waals surface area contributed by atoms with Gasteiger partial charge in [-0.15, -0.1) is 0 Å². The highest BCUT2D eigenvalue weighted by Gasteiger charge is 2.43. The van der Waals surface area contributed by atoms with E-state index in [0.717, 1.165) is 5.56 Å². The van der Waals surface area contributed by atoms with Gasteiger partial charge in [0.1, 0.15) is 5.75 Å². The largest absolute Gasteiger partial charge is 0.475 e. The molecular weight excluding hydrogens is 228 g/mol. The molecule has 16 heavy (non-hydrogen) atoms. The lowest BCUT2D eigenvalue weighted by Gasteiger charge is -2.21. The van der Waals surface area contributed by atoms with Crippen LogP contribution in [0.1, 0.15) is 19.4 Å². The summed E-state index contributed by atoms with van der Waals surface area (Å²) >= 11 is 5.89. The Morgan fingerprint density at radius 1 is 1.62 bits per heavy atom. The van der Waals surface area contributed by atoms with Crippen LogP contribution in [-0.2, 0) is 16.0 Å². The molecule has 0 saturated carbocycles. The quantitative estimate of drug-likeness (QED) is 0.746. The molecule has 1 heterocycles. The van der Waals surface area contributed by atoms with Crippen molar-refractivity contribution in [3.05, 3.63) is 28.8 Å². The van der Waals surface area contributed by atoms with Gasteiger partial charge in [-0.2, -0.15) is 0 Å². The van der Waals surface area contributed by atoms with E-state index in [9.17, 15) is 4.79 Å². The van der Waals surface area contributed by atoms with Crippen molar-refractivity contribution < 1.29 is 14.3 Å². The monoisotopic (exact) mass is 240 g/mol. The molecule has 0 spiro atoms. The van der Waals surface area contributed by atoms with E-state index in [2.05, 4.69) is 0 Å². The Kier molecular flexibility index (Phi) is 2.80. The molecule has 0 aromatic heterocycles. The fourth-order valence-electron chi connectivity index (χ4n) is 1.83. The number of fused-ring (bicyclic) bond motifs is 1. The maximum atomic E-state index is 11.7. The molecule has 2 rings (SSSR count). The van der Waals surface area contributed by atoms with Gasteiger partial charge in [-0.05, 0) is 32.0 Å². The number of esters is 1. The second-order valence-electron chi connectivity index (χ2n) is 3.98. The normalized spacial score (nSPS) is 22.4. The van der Waals surface area contributed by atoms with Crippen molar-refractivity contribution in [2.45, 2.75) is 25.9 Å². The number of hydrogen-bond donors (Lipinski definition) is 0. The van der Waals surface area contributed by atoms with Gasteiger partial charge in [-0.3, -0.25) is 0 Å². The average molecular weight is 241 g/mol. The van der Waals surface area contributed by atoms with E-state index in [1.807, 2.05) is 6.07 Å². The van der Waals surface area contributed by atoms with Crippen LogP contribution in [0.2, 0.25) is 5.02 Å². The van der Waals surface area contributed by atoms with Gasteiger partial charge < -0.3 is 9.47 Å². The third-order valence-corrected chi connectivity index (χ3v) is 2.83. The van der Waals surface area contributed by atoms with Crippen LogP contribution in [0.25, 0.3) is 0 Å². The number of halogens is 1. The van der Waals surface area contributed by atoms with Gasteiger partial charge >= 0.3 is 5.97 Å². The van der Waals surface area contributed by atoms with Gasteiger partial charge in [0.2, 0.25) is 5.60 Å². The summed E-state index contributed by atoms with van der Waals surface area (Å²) in [4.78, 5) is 11.7. The Morgan fingerprint density at radius 2 is 2.38 bits per heavy atom. The standard InChI is InChI=1S/C12H13ClO3/c1-3-15-11(14)12(2)7-8-6-9(13)4-5-10(8)16-12/h4-6H,3,7H2,1-2H3. The lowest BCUT2D eigenvalue weighted by atomic mass is 10.00. The first-order chi connectivity index (χ1) is 7.55. The molecule has 1 aromatic carbocycles. The fraction of sp³-hybridized carbons (Fsp3) is 0.417. The summed E-state index contributed by atoms with van der Waals surface area (Å²) in [6.07, 6.45) is 0.502. The van der Waals surface area contributed by atoms with Crippen LogP contribution in [0.3, 0.4) is 0 Å². The van der Waals surface area contributed by atoms with E-state index in [1.54, 1.807) is 26.0 Å². The fourth-order valence-corrected chi connectivity index (χ4v) is 2.02. The Bertz CT molecular complexity index is 430. The molecule has 86 valence electrons. The molecular formula is C12H13ClO3. The first kappa shape index (κ1) is 11.3. The number of benzene rings is 1. The first-order valence-corrected chi connectivity index (χ1v) is 5.57. The molecule has 0 aliphatic carbocycles. The minimum Gasteiger partial charge on any atom is -0.475 e. The molecule has 0 fully saturated rings. The van der Waals surface area contributed by atoms with Crippen LogP contribution >= 0.6 is 11.6 Å². The Balaban J connectivity index is 2.24. The smallest absolute Gasteiger partial charge is 0.350 e. The molecule has 0 bridgehead atoms. The highest BCUT2D eigenvalue weighted by molar-refractivity contribution is 6.30. The van der Waals surface area contributed by atoms with E-state index in [1.165, 1.54) is 0 Å². The second kappa shape index (κ2) is 3.98. The van der Waals surface area contributed by atoms with E-state index < -0.39 is 5.60 Å².